The van der Waals surface area contributed by atoms with Gasteiger partial charge in [0.25, 0.3) is 0 Å². The van der Waals surface area contributed by atoms with Gasteiger partial charge < -0.3 is 15.5 Å². The highest BCUT2D eigenvalue weighted by Gasteiger charge is 2.36. The van der Waals surface area contributed by atoms with E-state index in [1.165, 1.54) is 11.3 Å². The van der Waals surface area contributed by atoms with Crippen LogP contribution in [0.3, 0.4) is 0 Å². The Kier molecular flexibility index (Phi) is 5.33. The molecule has 3 heterocycles. The molecule has 0 radical (unpaired) electrons. The van der Waals surface area contributed by atoms with Gasteiger partial charge in [-0.25, -0.2) is 0 Å². The first-order chi connectivity index (χ1) is 11.2. The number of nitrogens with one attached hydrogen (secondary N) is 2. The number of carbonyl (C=O) groups excluding carboxylic acids is 2. The maximum atomic E-state index is 12.8. The van der Waals surface area contributed by atoms with Crippen molar-refractivity contribution in [2.75, 3.05) is 26.2 Å². The fraction of sp³-hybridized carbons (Fsp3) is 0.647. The minimum absolute atomic E-state index is 0.0541. The predicted octanol–water partition coefficient (Wildman–Crippen LogP) is 1.77. The van der Waals surface area contributed by atoms with Crippen molar-refractivity contribution in [1.82, 2.24) is 15.5 Å². The molecule has 2 amide bonds. The second kappa shape index (κ2) is 7.45. The summed E-state index contributed by atoms with van der Waals surface area (Å²) >= 11 is 1.54. The van der Waals surface area contributed by atoms with E-state index in [0.29, 0.717) is 31.3 Å². The highest BCUT2D eigenvalue weighted by atomic mass is 32.1. The van der Waals surface area contributed by atoms with Crippen LogP contribution in [0.2, 0.25) is 0 Å². The maximum Gasteiger partial charge on any atom is 0.248 e. The van der Waals surface area contributed by atoms with E-state index in [1.54, 1.807) is 4.90 Å². The van der Waals surface area contributed by atoms with Crippen LogP contribution in [0.5, 0.6) is 0 Å². The second-order valence-corrected chi connectivity index (χ2v) is 7.54. The lowest BCUT2D eigenvalue weighted by Crippen LogP contribution is -2.52. The molecule has 2 aliphatic heterocycles. The molecular weight excluding hydrogens is 310 g/mol. The third-order valence-corrected chi connectivity index (χ3v) is 5.95. The fourth-order valence-corrected chi connectivity index (χ4v) is 4.47. The Bertz CT molecular complexity index is 540. The van der Waals surface area contributed by atoms with E-state index in [2.05, 4.69) is 17.6 Å². The van der Waals surface area contributed by atoms with Gasteiger partial charge in [-0.2, -0.15) is 0 Å². The summed E-state index contributed by atoms with van der Waals surface area (Å²) in [6.45, 7) is 5.43. The van der Waals surface area contributed by atoms with E-state index >= 15 is 0 Å². The minimum atomic E-state index is -0.448. The van der Waals surface area contributed by atoms with Gasteiger partial charge in [-0.15, -0.1) is 11.3 Å². The SMILES string of the molecule is CC(CC(=O)N1CCNC(=O)C1c1cccs1)C1CCNCC1. The summed E-state index contributed by atoms with van der Waals surface area (Å²) in [4.78, 5) is 27.9. The van der Waals surface area contributed by atoms with E-state index in [9.17, 15) is 9.59 Å². The standard InChI is InChI=1S/C17H25N3O2S/c1-12(13-4-6-18-7-5-13)11-15(21)20-9-8-19-17(22)16(20)14-3-2-10-23-14/h2-3,10,12-13,16,18H,4-9,11H2,1H3,(H,19,22). The number of nitrogens with zero attached hydrogens (tertiary/aromatic N) is 1. The van der Waals surface area contributed by atoms with E-state index in [4.69, 9.17) is 0 Å². The highest BCUT2D eigenvalue weighted by molar-refractivity contribution is 7.10. The number of amides is 2. The average Bonchev–Trinajstić information content (AvgIpc) is 3.09. The molecule has 1 aromatic heterocycles. The molecule has 2 atom stereocenters. The number of hydrogen-bond donors (Lipinski definition) is 2. The maximum absolute atomic E-state index is 12.8. The normalized spacial score (nSPS) is 24.3. The average molecular weight is 335 g/mol. The number of hydrogen-bond acceptors (Lipinski definition) is 4. The molecule has 2 N–H and O–H groups in total. The molecule has 1 aromatic rings. The van der Waals surface area contributed by atoms with Crippen LogP contribution >= 0.6 is 11.3 Å². The summed E-state index contributed by atoms with van der Waals surface area (Å²) in [6.07, 6.45) is 2.83. The first kappa shape index (κ1) is 16.5. The molecule has 2 saturated heterocycles. The zero-order valence-electron chi connectivity index (χ0n) is 13.6. The van der Waals surface area contributed by atoms with Gasteiger partial charge in [0.15, 0.2) is 0 Å². The Morgan fingerprint density at radius 3 is 2.87 bits per heavy atom. The Morgan fingerprint density at radius 1 is 1.39 bits per heavy atom. The van der Waals surface area contributed by atoms with Gasteiger partial charge in [0.05, 0.1) is 0 Å². The molecule has 2 aliphatic rings. The van der Waals surface area contributed by atoms with Gasteiger partial charge in [0, 0.05) is 24.4 Å². The van der Waals surface area contributed by atoms with Crippen molar-refractivity contribution in [1.29, 1.82) is 0 Å². The molecule has 2 unspecified atom stereocenters. The van der Waals surface area contributed by atoms with Crippen molar-refractivity contribution in [2.45, 2.75) is 32.2 Å². The Labute approximate surface area is 141 Å². The van der Waals surface area contributed by atoms with Gasteiger partial charge >= 0.3 is 0 Å². The highest BCUT2D eigenvalue weighted by Crippen LogP contribution is 2.30. The molecule has 3 rings (SSSR count). The molecule has 0 aromatic carbocycles. The van der Waals surface area contributed by atoms with Crippen molar-refractivity contribution in [2.24, 2.45) is 11.8 Å². The number of rotatable bonds is 4. The van der Waals surface area contributed by atoms with Gasteiger partial charge in [-0.05, 0) is 49.2 Å². The molecule has 0 aliphatic carbocycles. The van der Waals surface area contributed by atoms with Gasteiger partial charge in [-0.3, -0.25) is 9.59 Å². The Balaban J connectivity index is 1.67. The summed E-state index contributed by atoms with van der Waals surface area (Å²) in [5.41, 5.74) is 0. The monoisotopic (exact) mass is 335 g/mol. The molecule has 23 heavy (non-hydrogen) atoms. The predicted molar refractivity (Wildman–Crippen MR) is 91.2 cm³/mol. The lowest BCUT2D eigenvalue weighted by atomic mass is 9.83. The molecule has 0 bridgehead atoms. The summed E-state index contributed by atoms with van der Waals surface area (Å²) in [6, 6.07) is 3.43. The third kappa shape index (κ3) is 3.75. The topological polar surface area (TPSA) is 61.4 Å². The Morgan fingerprint density at radius 2 is 2.17 bits per heavy atom. The van der Waals surface area contributed by atoms with Crippen molar-refractivity contribution in [3.63, 3.8) is 0 Å². The molecule has 2 fully saturated rings. The number of thiophene rings is 1. The van der Waals surface area contributed by atoms with Crippen LogP contribution in [-0.2, 0) is 9.59 Å². The minimum Gasteiger partial charge on any atom is -0.352 e. The Hall–Kier alpha value is -1.40. The largest absolute Gasteiger partial charge is 0.352 e. The third-order valence-electron chi connectivity index (χ3n) is 5.03. The summed E-state index contributed by atoms with van der Waals surface area (Å²) in [5.74, 6) is 1.04. The number of piperidine rings is 1. The molecule has 0 spiro atoms. The van der Waals surface area contributed by atoms with Gasteiger partial charge in [-0.1, -0.05) is 13.0 Å². The van der Waals surface area contributed by atoms with Crippen LogP contribution in [-0.4, -0.2) is 42.9 Å². The van der Waals surface area contributed by atoms with Crippen LogP contribution in [0, 0.1) is 11.8 Å². The van der Waals surface area contributed by atoms with Crippen molar-refractivity contribution in [3.8, 4) is 0 Å². The van der Waals surface area contributed by atoms with Gasteiger partial charge in [0.2, 0.25) is 11.8 Å². The fourth-order valence-electron chi connectivity index (χ4n) is 3.64. The second-order valence-electron chi connectivity index (χ2n) is 6.56. The van der Waals surface area contributed by atoms with Crippen LogP contribution in [0.15, 0.2) is 17.5 Å². The summed E-state index contributed by atoms with van der Waals surface area (Å²) < 4.78 is 0. The van der Waals surface area contributed by atoms with Gasteiger partial charge in [0.1, 0.15) is 6.04 Å². The van der Waals surface area contributed by atoms with Crippen molar-refractivity contribution < 1.29 is 9.59 Å². The zero-order valence-corrected chi connectivity index (χ0v) is 14.4. The van der Waals surface area contributed by atoms with Crippen molar-refractivity contribution in [3.05, 3.63) is 22.4 Å². The molecular formula is C17H25N3O2S. The van der Waals surface area contributed by atoms with E-state index < -0.39 is 6.04 Å². The van der Waals surface area contributed by atoms with E-state index in [1.807, 2.05) is 17.5 Å². The van der Waals surface area contributed by atoms with Crippen molar-refractivity contribution >= 4 is 23.2 Å². The van der Waals surface area contributed by atoms with E-state index in [-0.39, 0.29) is 11.8 Å². The lowest BCUT2D eigenvalue weighted by Gasteiger charge is -2.36. The zero-order chi connectivity index (χ0) is 16.2. The van der Waals surface area contributed by atoms with E-state index in [0.717, 1.165) is 30.8 Å². The molecule has 5 nitrogen and oxygen atoms in total. The summed E-state index contributed by atoms with van der Waals surface area (Å²) in [7, 11) is 0. The van der Waals surface area contributed by atoms with Crippen LogP contribution in [0.25, 0.3) is 0 Å². The molecule has 6 heteroatoms. The molecule has 0 saturated carbocycles. The molecule has 126 valence electrons. The number of piperazine rings is 1. The van der Waals surface area contributed by atoms with Crippen LogP contribution < -0.4 is 10.6 Å². The number of carbonyl (C=O) groups is 2. The first-order valence-corrected chi connectivity index (χ1v) is 9.36. The van der Waals surface area contributed by atoms with Crippen LogP contribution in [0.1, 0.15) is 37.1 Å². The lowest BCUT2D eigenvalue weighted by molar-refractivity contribution is -0.144. The smallest absolute Gasteiger partial charge is 0.248 e. The van der Waals surface area contributed by atoms with Crippen LogP contribution in [0.4, 0.5) is 0 Å². The first-order valence-electron chi connectivity index (χ1n) is 8.48. The quantitative estimate of drug-likeness (QED) is 0.882. The summed E-state index contributed by atoms with van der Waals surface area (Å²) in [5, 5.41) is 8.21.